The van der Waals surface area contributed by atoms with E-state index in [9.17, 15) is 4.79 Å². The number of nitrogens with zero attached hydrogens (tertiary/aromatic N) is 3. The van der Waals surface area contributed by atoms with Gasteiger partial charge in [-0.1, -0.05) is 80.4 Å². The minimum Gasteiger partial charge on any atom is -0.493 e. The van der Waals surface area contributed by atoms with Crippen LogP contribution in [0.15, 0.2) is 98.6 Å². The molecule has 1 amide bonds. The van der Waals surface area contributed by atoms with Crippen molar-refractivity contribution >= 4 is 58.3 Å². The standard InChI is InChI=1S/C34H31Cl2N3O4S/c1-34(2,3)25-11-7-22(8-12-25)19-37-38-33-39(20-27-6-5-15-42-27)32(40)31(44-33)17-23-9-14-29(30(16-23)41-4)43-21-24-10-13-26(35)18-28(24)36/h5-19H,20-21H2,1-4H3/b31-17-,37-19-,38-33+. The molecule has 0 saturated carbocycles. The van der Waals surface area contributed by atoms with Gasteiger partial charge in [-0.2, -0.15) is 5.10 Å². The van der Waals surface area contributed by atoms with E-state index in [0.717, 1.165) is 16.7 Å². The topological polar surface area (TPSA) is 76.6 Å². The molecule has 1 aliphatic rings. The fourth-order valence-corrected chi connectivity index (χ4v) is 5.73. The van der Waals surface area contributed by atoms with Gasteiger partial charge < -0.3 is 13.9 Å². The van der Waals surface area contributed by atoms with Crippen molar-refractivity contribution < 1.29 is 18.7 Å². The van der Waals surface area contributed by atoms with Crippen molar-refractivity contribution in [1.29, 1.82) is 0 Å². The minimum atomic E-state index is -0.202. The maximum Gasteiger partial charge on any atom is 0.267 e. The van der Waals surface area contributed by atoms with Crippen LogP contribution < -0.4 is 9.47 Å². The van der Waals surface area contributed by atoms with E-state index in [-0.39, 0.29) is 24.5 Å². The van der Waals surface area contributed by atoms with E-state index >= 15 is 0 Å². The molecule has 5 rings (SSSR count). The largest absolute Gasteiger partial charge is 0.493 e. The second-order valence-electron chi connectivity index (χ2n) is 11.0. The van der Waals surface area contributed by atoms with Crippen molar-refractivity contribution in [3.63, 3.8) is 0 Å². The number of hydrogen-bond acceptors (Lipinski definition) is 7. The number of carbonyl (C=O) groups is 1. The lowest BCUT2D eigenvalue weighted by Gasteiger charge is -2.18. The highest BCUT2D eigenvalue weighted by atomic mass is 35.5. The molecule has 1 fully saturated rings. The first kappa shape index (κ1) is 31.4. The summed E-state index contributed by atoms with van der Waals surface area (Å²) in [6, 6.07) is 22.5. The Morgan fingerprint density at radius 2 is 1.75 bits per heavy atom. The maximum absolute atomic E-state index is 13.5. The predicted octanol–water partition coefficient (Wildman–Crippen LogP) is 8.98. The molecule has 0 unspecified atom stereocenters. The summed E-state index contributed by atoms with van der Waals surface area (Å²) >= 11 is 13.5. The molecule has 0 bridgehead atoms. The van der Waals surface area contributed by atoms with Gasteiger partial charge in [0, 0.05) is 15.6 Å². The Morgan fingerprint density at radius 3 is 2.43 bits per heavy atom. The van der Waals surface area contributed by atoms with Gasteiger partial charge in [0.15, 0.2) is 16.7 Å². The number of carbonyl (C=O) groups excluding carboxylic acids is 1. The molecule has 4 aromatic rings. The number of benzene rings is 3. The van der Waals surface area contributed by atoms with Crippen molar-refractivity contribution in [2.24, 2.45) is 10.2 Å². The summed E-state index contributed by atoms with van der Waals surface area (Å²) in [6.07, 6.45) is 5.05. The summed E-state index contributed by atoms with van der Waals surface area (Å²) in [5.74, 6) is 1.49. The van der Waals surface area contributed by atoms with Crippen LogP contribution in [0.2, 0.25) is 10.0 Å². The average molecular weight is 649 g/mol. The van der Waals surface area contributed by atoms with Crippen molar-refractivity contribution in [1.82, 2.24) is 4.90 Å². The highest BCUT2D eigenvalue weighted by Gasteiger charge is 2.34. The molecule has 1 aliphatic heterocycles. The van der Waals surface area contributed by atoms with Gasteiger partial charge in [0.2, 0.25) is 0 Å². The number of thioether (sulfide) groups is 1. The molecule has 0 atom stereocenters. The molecular formula is C34H31Cl2N3O4S. The zero-order valence-corrected chi connectivity index (χ0v) is 27.0. The summed E-state index contributed by atoms with van der Waals surface area (Å²) in [4.78, 5) is 15.6. The average Bonchev–Trinajstić information content (AvgIpc) is 3.61. The number of rotatable bonds is 9. The molecule has 226 valence electrons. The van der Waals surface area contributed by atoms with Crippen LogP contribution in [0, 0.1) is 0 Å². The zero-order valence-electron chi connectivity index (χ0n) is 24.7. The third kappa shape index (κ3) is 7.75. The van der Waals surface area contributed by atoms with E-state index in [1.54, 1.807) is 54.8 Å². The highest BCUT2D eigenvalue weighted by Crippen LogP contribution is 2.36. The van der Waals surface area contributed by atoms with Crippen LogP contribution in [0.25, 0.3) is 6.08 Å². The van der Waals surface area contributed by atoms with Crippen LogP contribution in [-0.4, -0.2) is 29.3 Å². The Kier molecular flexibility index (Phi) is 9.84. The number of amides is 1. The molecule has 0 N–H and O–H groups in total. The number of halogens is 2. The molecule has 44 heavy (non-hydrogen) atoms. The lowest BCUT2D eigenvalue weighted by Crippen LogP contribution is -2.28. The van der Waals surface area contributed by atoms with E-state index in [4.69, 9.17) is 37.1 Å². The molecule has 1 saturated heterocycles. The highest BCUT2D eigenvalue weighted by molar-refractivity contribution is 8.18. The summed E-state index contributed by atoms with van der Waals surface area (Å²) in [7, 11) is 1.56. The van der Waals surface area contributed by atoms with Crippen molar-refractivity contribution in [3.8, 4) is 11.5 Å². The molecule has 2 heterocycles. The van der Waals surface area contributed by atoms with Crippen molar-refractivity contribution in [3.05, 3.63) is 122 Å². The molecule has 10 heteroatoms. The molecule has 3 aromatic carbocycles. The number of amidine groups is 1. The zero-order chi connectivity index (χ0) is 31.3. The normalized spacial score (nSPS) is 15.6. The van der Waals surface area contributed by atoms with Gasteiger partial charge in [-0.3, -0.25) is 9.69 Å². The molecular weight excluding hydrogens is 617 g/mol. The summed E-state index contributed by atoms with van der Waals surface area (Å²) in [5.41, 5.74) is 3.77. The number of methoxy groups -OCH3 is 1. The van der Waals surface area contributed by atoms with Crippen molar-refractivity contribution in [2.75, 3.05) is 7.11 Å². The number of ether oxygens (including phenoxy) is 2. The number of hydrogen-bond donors (Lipinski definition) is 0. The van der Waals surface area contributed by atoms with Gasteiger partial charge in [0.05, 0.1) is 31.0 Å². The van der Waals surface area contributed by atoms with Gasteiger partial charge in [-0.15, -0.1) is 5.10 Å². The SMILES string of the molecule is COc1cc(/C=C2\S/C(=N/N=C\c3ccc(C(C)(C)C)cc3)N(Cc3ccco3)C2=O)ccc1OCc1ccc(Cl)cc1Cl. The second-order valence-corrected chi connectivity index (χ2v) is 12.9. The van der Waals surface area contributed by atoms with E-state index in [2.05, 4.69) is 43.1 Å². The van der Waals surface area contributed by atoms with Crippen LogP contribution >= 0.6 is 35.0 Å². The summed E-state index contributed by atoms with van der Waals surface area (Å²) in [5, 5.41) is 10.2. The third-order valence-corrected chi connectivity index (χ3v) is 8.38. The summed E-state index contributed by atoms with van der Waals surface area (Å²) in [6.45, 7) is 6.99. The van der Waals surface area contributed by atoms with Crippen LogP contribution in [0.5, 0.6) is 11.5 Å². The van der Waals surface area contributed by atoms with Crippen LogP contribution in [0.1, 0.15) is 48.8 Å². The Hall–Kier alpha value is -3.98. The van der Waals surface area contributed by atoms with Gasteiger partial charge in [0.1, 0.15) is 12.4 Å². The Balaban J connectivity index is 1.36. The Labute approximate surface area is 271 Å². The minimum absolute atomic E-state index is 0.0644. The molecule has 0 radical (unpaired) electrons. The van der Waals surface area contributed by atoms with Crippen LogP contribution in [0.3, 0.4) is 0 Å². The Morgan fingerprint density at radius 1 is 0.977 bits per heavy atom. The first-order valence-electron chi connectivity index (χ1n) is 13.8. The maximum atomic E-state index is 13.5. The van der Waals surface area contributed by atoms with Gasteiger partial charge in [-0.05, 0) is 76.3 Å². The molecule has 0 aliphatic carbocycles. The second kappa shape index (κ2) is 13.8. The molecule has 1 aromatic heterocycles. The lowest BCUT2D eigenvalue weighted by atomic mass is 9.87. The monoisotopic (exact) mass is 647 g/mol. The molecule has 0 spiro atoms. The smallest absolute Gasteiger partial charge is 0.267 e. The fraction of sp³-hybridized carbons (Fsp3) is 0.206. The predicted molar refractivity (Wildman–Crippen MR) is 179 cm³/mol. The summed E-state index contributed by atoms with van der Waals surface area (Å²) < 4.78 is 17.1. The Bertz CT molecular complexity index is 1730. The third-order valence-electron chi connectivity index (χ3n) is 6.79. The number of furan rings is 1. The van der Waals surface area contributed by atoms with Crippen LogP contribution in [-0.2, 0) is 23.4 Å². The van der Waals surface area contributed by atoms with Crippen LogP contribution in [0.4, 0.5) is 0 Å². The lowest BCUT2D eigenvalue weighted by molar-refractivity contribution is -0.122. The molecule has 7 nitrogen and oxygen atoms in total. The van der Waals surface area contributed by atoms with E-state index in [1.165, 1.54) is 17.3 Å². The van der Waals surface area contributed by atoms with E-state index < -0.39 is 0 Å². The first-order chi connectivity index (χ1) is 21.1. The van der Waals surface area contributed by atoms with Gasteiger partial charge >= 0.3 is 0 Å². The quantitative estimate of drug-likeness (QED) is 0.103. The van der Waals surface area contributed by atoms with Gasteiger partial charge in [0.25, 0.3) is 5.91 Å². The van der Waals surface area contributed by atoms with Gasteiger partial charge in [-0.25, -0.2) is 0 Å². The van der Waals surface area contributed by atoms with Crippen molar-refractivity contribution in [2.45, 2.75) is 39.3 Å². The first-order valence-corrected chi connectivity index (χ1v) is 15.4. The van der Waals surface area contributed by atoms with E-state index in [0.29, 0.717) is 37.4 Å². The van der Waals surface area contributed by atoms with E-state index in [1.807, 2.05) is 36.4 Å². The fourth-order valence-electron chi connectivity index (χ4n) is 4.33.